The van der Waals surface area contributed by atoms with Crippen molar-refractivity contribution >= 4 is 15.9 Å². The van der Waals surface area contributed by atoms with Crippen LogP contribution in [0.1, 0.15) is 45.6 Å². The van der Waals surface area contributed by atoms with Gasteiger partial charge in [-0.1, -0.05) is 12.1 Å². The van der Waals surface area contributed by atoms with Gasteiger partial charge in [-0.3, -0.25) is 0 Å². The molecule has 0 unspecified atom stereocenters. The van der Waals surface area contributed by atoms with E-state index in [0.29, 0.717) is 13.0 Å². The van der Waals surface area contributed by atoms with Gasteiger partial charge in [0.05, 0.1) is 17.1 Å². The first-order chi connectivity index (χ1) is 9.44. The number of rotatable bonds is 7. The molecule has 0 fully saturated rings. The Balaban J connectivity index is 2.61. The molecule has 0 atom stereocenters. The number of hydrogen-bond acceptors (Lipinski definition) is 3. The number of para-hydroxylation sites is 1. The Kier molecular flexibility index (Phi) is 7.04. The van der Waals surface area contributed by atoms with Crippen molar-refractivity contribution in [3.05, 3.63) is 28.2 Å². The summed E-state index contributed by atoms with van der Waals surface area (Å²) in [5, 5.41) is 12.0. The van der Waals surface area contributed by atoms with Crippen molar-refractivity contribution in [2.24, 2.45) is 0 Å². The van der Waals surface area contributed by atoms with Gasteiger partial charge in [-0.25, -0.2) is 0 Å². The molecule has 0 saturated heterocycles. The van der Waals surface area contributed by atoms with Crippen molar-refractivity contribution in [3.8, 4) is 11.8 Å². The fourth-order valence-electron chi connectivity index (χ4n) is 1.70. The number of halogens is 1. The number of ether oxygens (including phenoxy) is 1. The highest BCUT2D eigenvalue weighted by Gasteiger charge is 2.12. The van der Waals surface area contributed by atoms with Crippen LogP contribution in [-0.2, 0) is 6.54 Å². The van der Waals surface area contributed by atoms with E-state index in [1.54, 1.807) is 0 Å². The van der Waals surface area contributed by atoms with E-state index in [-0.39, 0.29) is 5.54 Å². The van der Waals surface area contributed by atoms with Gasteiger partial charge in [0.25, 0.3) is 0 Å². The zero-order valence-electron chi connectivity index (χ0n) is 12.5. The largest absolute Gasteiger partial charge is 0.492 e. The molecule has 0 heterocycles. The first-order valence-corrected chi connectivity index (χ1v) is 7.75. The quantitative estimate of drug-likeness (QED) is 0.749. The van der Waals surface area contributed by atoms with E-state index in [0.717, 1.165) is 35.2 Å². The van der Waals surface area contributed by atoms with Gasteiger partial charge in [0.2, 0.25) is 0 Å². The molecule has 0 spiro atoms. The second-order valence-electron chi connectivity index (χ2n) is 5.80. The molecule has 1 rings (SSSR count). The monoisotopic (exact) mass is 338 g/mol. The molecule has 0 aliphatic rings. The molecule has 0 aliphatic heterocycles. The predicted octanol–water partition coefficient (Wildman–Crippen LogP) is 4.41. The summed E-state index contributed by atoms with van der Waals surface area (Å²) in [6, 6.07) is 8.24. The topological polar surface area (TPSA) is 45.0 Å². The molecule has 3 nitrogen and oxygen atoms in total. The maximum Gasteiger partial charge on any atom is 0.137 e. The van der Waals surface area contributed by atoms with Gasteiger partial charge in [0.15, 0.2) is 0 Å². The highest BCUT2D eigenvalue weighted by Crippen LogP contribution is 2.29. The van der Waals surface area contributed by atoms with E-state index in [1.807, 2.05) is 12.1 Å². The Morgan fingerprint density at radius 1 is 1.30 bits per heavy atom. The molecule has 0 bridgehead atoms. The standard InChI is InChI=1S/C16H23BrN2O/c1-16(2,3)19-12-13-8-7-9-14(17)15(13)20-11-6-4-5-10-18/h7-9,19H,4-6,11-12H2,1-3H3. The summed E-state index contributed by atoms with van der Waals surface area (Å²) < 4.78 is 6.86. The van der Waals surface area contributed by atoms with E-state index in [1.165, 1.54) is 0 Å². The molecule has 1 aromatic carbocycles. The fourth-order valence-corrected chi connectivity index (χ4v) is 2.22. The number of unbranched alkanes of at least 4 members (excludes halogenated alkanes) is 2. The van der Waals surface area contributed by atoms with Gasteiger partial charge in [0.1, 0.15) is 5.75 Å². The fraction of sp³-hybridized carbons (Fsp3) is 0.562. The SMILES string of the molecule is CC(C)(C)NCc1cccc(Br)c1OCCCCC#N. The number of nitriles is 1. The molecule has 0 radical (unpaired) electrons. The third-order valence-electron chi connectivity index (χ3n) is 2.79. The third-order valence-corrected chi connectivity index (χ3v) is 3.41. The lowest BCUT2D eigenvalue weighted by atomic mass is 10.1. The smallest absolute Gasteiger partial charge is 0.137 e. The molecule has 0 aliphatic carbocycles. The molecule has 0 amide bonds. The third kappa shape index (κ3) is 6.40. The van der Waals surface area contributed by atoms with Crippen LogP contribution in [0.25, 0.3) is 0 Å². The van der Waals surface area contributed by atoms with Gasteiger partial charge >= 0.3 is 0 Å². The summed E-state index contributed by atoms with van der Waals surface area (Å²) in [7, 11) is 0. The maximum atomic E-state index is 8.51. The molecule has 4 heteroatoms. The van der Waals surface area contributed by atoms with Crippen molar-refractivity contribution in [3.63, 3.8) is 0 Å². The van der Waals surface area contributed by atoms with Crippen LogP contribution in [-0.4, -0.2) is 12.1 Å². The second-order valence-corrected chi connectivity index (χ2v) is 6.65. The van der Waals surface area contributed by atoms with Crippen LogP contribution in [0.15, 0.2) is 22.7 Å². The van der Waals surface area contributed by atoms with Crippen LogP contribution >= 0.6 is 15.9 Å². The summed E-state index contributed by atoms with van der Waals surface area (Å²) >= 11 is 3.55. The van der Waals surface area contributed by atoms with Crippen LogP contribution in [0.5, 0.6) is 5.75 Å². The average Bonchev–Trinajstić information content (AvgIpc) is 2.37. The number of nitrogens with one attached hydrogen (secondary N) is 1. The van der Waals surface area contributed by atoms with Gasteiger partial charge in [-0.15, -0.1) is 0 Å². The van der Waals surface area contributed by atoms with Crippen LogP contribution in [0.2, 0.25) is 0 Å². The molecule has 20 heavy (non-hydrogen) atoms. The Hall–Kier alpha value is -1.05. The van der Waals surface area contributed by atoms with E-state index in [4.69, 9.17) is 10.00 Å². The summed E-state index contributed by atoms with van der Waals surface area (Å²) in [5.74, 6) is 0.904. The minimum Gasteiger partial charge on any atom is -0.492 e. The Morgan fingerprint density at radius 3 is 2.70 bits per heavy atom. The van der Waals surface area contributed by atoms with E-state index in [9.17, 15) is 0 Å². The number of hydrogen-bond donors (Lipinski definition) is 1. The highest BCUT2D eigenvalue weighted by molar-refractivity contribution is 9.10. The highest BCUT2D eigenvalue weighted by atomic mass is 79.9. The Morgan fingerprint density at radius 2 is 2.05 bits per heavy atom. The van der Waals surface area contributed by atoms with Crippen LogP contribution < -0.4 is 10.1 Å². The summed E-state index contributed by atoms with van der Waals surface area (Å²) in [4.78, 5) is 0. The molecular formula is C16H23BrN2O. The van der Waals surface area contributed by atoms with Crippen molar-refractivity contribution in [2.45, 2.75) is 52.1 Å². The lowest BCUT2D eigenvalue weighted by Gasteiger charge is -2.22. The van der Waals surface area contributed by atoms with Crippen LogP contribution in [0.4, 0.5) is 0 Å². The van der Waals surface area contributed by atoms with Crippen molar-refractivity contribution in [1.82, 2.24) is 5.32 Å². The average molecular weight is 339 g/mol. The molecule has 110 valence electrons. The maximum absolute atomic E-state index is 8.51. The summed E-state index contributed by atoms with van der Waals surface area (Å²) in [6.07, 6.45) is 2.38. The van der Waals surface area contributed by atoms with Gasteiger partial charge in [0, 0.05) is 24.1 Å². The van der Waals surface area contributed by atoms with Gasteiger partial charge < -0.3 is 10.1 Å². The van der Waals surface area contributed by atoms with Crippen LogP contribution in [0, 0.1) is 11.3 Å². The van der Waals surface area contributed by atoms with E-state index < -0.39 is 0 Å². The van der Waals surface area contributed by atoms with Crippen LogP contribution in [0.3, 0.4) is 0 Å². The number of benzene rings is 1. The van der Waals surface area contributed by atoms with E-state index >= 15 is 0 Å². The summed E-state index contributed by atoms with van der Waals surface area (Å²) in [5.41, 5.74) is 1.22. The zero-order valence-corrected chi connectivity index (χ0v) is 14.1. The lowest BCUT2D eigenvalue weighted by Crippen LogP contribution is -2.35. The minimum absolute atomic E-state index is 0.0758. The molecular weight excluding hydrogens is 316 g/mol. The molecule has 1 aromatic rings. The van der Waals surface area contributed by atoms with Gasteiger partial charge in [-0.2, -0.15) is 5.26 Å². The first-order valence-electron chi connectivity index (χ1n) is 6.96. The zero-order chi connectivity index (χ0) is 15.0. The van der Waals surface area contributed by atoms with E-state index in [2.05, 4.69) is 54.2 Å². The van der Waals surface area contributed by atoms with Crippen molar-refractivity contribution < 1.29 is 4.74 Å². The number of nitrogens with zero attached hydrogens (tertiary/aromatic N) is 1. The van der Waals surface area contributed by atoms with Crippen molar-refractivity contribution in [1.29, 1.82) is 5.26 Å². The molecule has 0 saturated carbocycles. The normalized spacial score (nSPS) is 11.2. The predicted molar refractivity (Wildman–Crippen MR) is 85.7 cm³/mol. The molecule has 1 N–H and O–H groups in total. The Bertz CT molecular complexity index is 461. The lowest BCUT2D eigenvalue weighted by molar-refractivity contribution is 0.300. The Labute approximate surface area is 130 Å². The first kappa shape index (κ1) is 17.0. The second kappa shape index (κ2) is 8.28. The molecule has 0 aromatic heterocycles. The van der Waals surface area contributed by atoms with Gasteiger partial charge in [-0.05, 0) is 55.6 Å². The minimum atomic E-state index is 0.0758. The van der Waals surface area contributed by atoms with Crippen molar-refractivity contribution in [2.75, 3.05) is 6.61 Å². The summed E-state index contributed by atoms with van der Waals surface area (Å²) in [6.45, 7) is 7.86.